The molecule has 0 bridgehead atoms. The average Bonchev–Trinajstić information content (AvgIpc) is 2.63. The highest BCUT2D eigenvalue weighted by Gasteiger charge is 2.12. The third kappa shape index (κ3) is 5.58. The van der Waals surface area contributed by atoms with Crippen LogP contribution in [-0.4, -0.2) is 22.6 Å². The van der Waals surface area contributed by atoms with Crippen LogP contribution in [0.3, 0.4) is 0 Å². The van der Waals surface area contributed by atoms with Crippen LogP contribution in [0.1, 0.15) is 38.4 Å². The number of hydrogen-bond acceptors (Lipinski definition) is 3. The van der Waals surface area contributed by atoms with Crippen molar-refractivity contribution >= 4 is 5.91 Å². The molecular weight excluding hydrogens is 240 g/mol. The quantitative estimate of drug-likeness (QED) is 0.786. The van der Waals surface area contributed by atoms with E-state index in [1.54, 1.807) is 4.57 Å². The molecule has 5 nitrogen and oxygen atoms in total. The number of hydrogen-bond donors (Lipinski definition) is 2. The van der Waals surface area contributed by atoms with Crippen molar-refractivity contribution in [3.8, 4) is 6.07 Å². The van der Waals surface area contributed by atoms with Crippen LogP contribution in [-0.2, 0) is 18.4 Å². The number of rotatable bonds is 5. The molecule has 0 atom stereocenters. The minimum Gasteiger partial charge on any atom is -0.351 e. The van der Waals surface area contributed by atoms with E-state index in [4.69, 9.17) is 5.26 Å². The summed E-state index contributed by atoms with van der Waals surface area (Å²) in [6.07, 6.45) is 2.37. The first-order valence-electron chi connectivity index (χ1n) is 6.39. The van der Waals surface area contributed by atoms with Gasteiger partial charge in [-0.15, -0.1) is 0 Å². The van der Waals surface area contributed by atoms with Crippen LogP contribution in [0, 0.1) is 11.3 Å². The number of carbonyl (C=O) groups is 1. The fourth-order valence-corrected chi connectivity index (χ4v) is 1.76. The maximum absolute atomic E-state index is 11.6. The van der Waals surface area contributed by atoms with Crippen molar-refractivity contribution in [2.45, 2.75) is 39.3 Å². The summed E-state index contributed by atoms with van der Waals surface area (Å²) in [7, 11) is 1.85. The fourth-order valence-electron chi connectivity index (χ4n) is 1.76. The van der Waals surface area contributed by atoms with E-state index in [9.17, 15) is 4.79 Å². The summed E-state index contributed by atoms with van der Waals surface area (Å²) in [5.74, 6) is 0.0470. The molecule has 104 valence electrons. The number of aryl methyl sites for hydroxylation is 1. The second kappa shape index (κ2) is 6.39. The molecule has 0 saturated heterocycles. The summed E-state index contributed by atoms with van der Waals surface area (Å²) in [4.78, 5) is 11.6. The van der Waals surface area contributed by atoms with Crippen LogP contribution in [0.4, 0.5) is 0 Å². The maximum atomic E-state index is 11.6. The lowest BCUT2D eigenvalue weighted by atomic mass is 10.1. The van der Waals surface area contributed by atoms with Crippen LogP contribution in [0.2, 0.25) is 0 Å². The van der Waals surface area contributed by atoms with E-state index in [2.05, 4.69) is 16.7 Å². The summed E-state index contributed by atoms with van der Waals surface area (Å²) < 4.78 is 1.79. The zero-order valence-electron chi connectivity index (χ0n) is 12.1. The summed E-state index contributed by atoms with van der Waals surface area (Å²) in [5, 5.41) is 15.0. The number of amides is 1. The van der Waals surface area contributed by atoms with E-state index in [1.807, 2.05) is 40.1 Å². The first-order valence-corrected chi connectivity index (χ1v) is 6.39. The molecule has 1 heterocycles. The van der Waals surface area contributed by atoms with Gasteiger partial charge in [0.15, 0.2) is 0 Å². The highest BCUT2D eigenvalue weighted by atomic mass is 16.1. The van der Waals surface area contributed by atoms with Gasteiger partial charge in [0.25, 0.3) is 0 Å². The third-order valence-electron chi connectivity index (χ3n) is 2.55. The van der Waals surface area contributed by atoms with Crippen molar-refractivity contribution in [2.75, 3.05) is 6.54 Å². The number of carbonyl (C=O) groups excluding carboxylic acids is 1. The molecule has 1 amide bonds. The molecule has 0 unspecified atom stereocenters. The third-order valence-corrected chi connectivity index (χ3v) is 2.55. The van der Waals surface area contributed by atoms with E-state index in [0.29, 0.717) is 25.2 Å². The lowest BCUT2D eigenvalue weighted by molar-refractivity contribution is -0.122. The van der Waals surface area contributed by atoms with Gasteiger partial charge in [0, 0.05) is 38.3 Å². The van der Waals surface area contributed by atoms with Gasteiger partial charge in [0.2, 0.25) is 5.91 Å². The first kappa shape index (κ1) is 15.3. The second-order valence-electron chi connectivity index (χ2n) is 5.68. The van der Waals surface area contributed by atoms with Crippen LogP contribution in [0.25, 0.3) is 0 Å². The zero-order chi connectivity index (χ0) is 14.5. The van der Waals surface area contributed by atoms with Gasteiger partial charge in [-0.25, -0.2) is 0 Å². The normalized spacial score (nSPS) is 11.1. The van der Waals surface area contributed by atoms with E-state index < -0.39 is 0 Å². The topological polar surface area (TPSA) is 69.8 Å². The fraction of sp³-hybridized carbons (Fsp3) is 0.571. The summed E-state index contributed by atoms with van der Waals surface area (Å²) in [5.41, 5.74) is 1.51. The van der Waals surface area contributed by atoms with Gasteiger partial charge in [0.1, 0.15) is 11.8 Å². The van der Waals surface area contributed by atoms with Gasteiger partial charge in [-0.05, 0) is 32.4 Å². The molecular formula is C14H22N4O. The molecule has 0 spiro atoms. The largest absolute Gasteiger partial charge is 0.351 e. The Morgan fingerprint density at radius 1 is 1.47 bits per heavy atom. The van der Waals surface area contributed by atoms with Crippen molar-refractivity contribution in [1.82, 2.24) is 15.2 Å². The molecule has 1 aromatic rings. The van der Waals surface area contributed by atoms with Crippen LogP contribution >= 0.6 is 0 Å². The van der Waals surface area contributed by atoms with Gasteiger partial charge in [-0.2, -0.15) is 5.26 Å². The van der Waals surface area contributed by atoms with E-state index in [-0.39, 0.29) is 11.4 Å². The Balaban J connectivity index is 2.28. The number of nitrogens with zero attached hydrogens (tertiary/aromatic N) is 2. The lowest BCUT2D eigenvalue weighted by Crippen LogP contribution is -2.41. The molecule has 2 N–H and O–H groups in total. The lowest BCUT2D eigenvalue weighted by Gasteiger charge is -2.20. The standard InChI is InChI=1S/C14H22N4O/c1-14(2,3)17-13(19)5-6-16-9-11-7-12(8-15)18(4)10-11/h7,10,16H,5-6,9H2,1-4H3,(H,17,19). The monoisotopic (exact) mass is 262 g/mol. The molecule has 0 radical (unpaired) electrons. The zero-order valence-corrected chi connectivity index (χ0v) is 12.1. The highest BCUT2D eigenvalue weighted by Crippen LogP contribution is 2.05. The highest BCUT2D eigenvalue weighted by molar-refractivity contribution is 5.76. The molecule has 5 heteroatoms. The molecule has 19 heavy (non-hydrogen) atoms. The maximum Gasteiger partial charge on any atom is 0.221 e. The smallest absolute Gasteiger partial charge is 0.221 e. The van der Waals surface area contributed by atoms with Crippen LogP contribution in [0.15, 0.2) is 12.3 Å². The van der Waals surface area contributed by atoms with Crippen LogP contribution in [0.5, 0.6) is 0 Å². The van der Waals surface area contributed by atoms with E-state index in [0.717, 1.165) is 5.56 Å². The van der Waals surface area contributed by atoms with E-state index in [1.165, 1.54) is 0 Å². The Morgan fingerprint density at radius 3 is 2.68 bits per heavy atom. The minimum atomic E-state index is -0.182. The number of nitrogens with one attached hydrogen (secondary N) is 2. The first-order chi connectivity index (χ1) is 8.81. The van der Waals surface area contributed by atoms with Gasteiger partial charge in [-0.3, -0.25) is 4.79 Å². The van der Waals surface area contributed by atoms with Crippen molar-refractivity contribution in [2.24, 2.45) is 7.05 Å². The van der Waals surface area contributed by atoms with Crippen molar-refractivity contribution in [3.63, 3.8) is 0 Å². The van der Waals surface area contributed by atoms with Crippen LogP contribution < -0.4 is 10.6 Å². The minimum absolute atomic E-state index is 0.0470. The SMILES string of the molecule is Cn1cc(CNCCC(=O)NC(C)(C)C)cc1C#N. The molecule has 0 saturated carbocycles. The molecule has 0 aliphatic rings. The predicted molar refractivity (Wildman–Crippen MR) is 74.3 cm³/mol. The Morgan fingerprint density at radius 2 is 2.16 bits per heavy atom. The molecule has 0 aliphatic carbocycles. The van der Waals surface area contributed by atoms with E-state index >= 15 is 0 Å². The Bertz CT molecular complexity index is 477. The molecule has 1 rings (SSSR count). The van der Waals surface area contributed by atoms with Gasteiger partial charge in [0.05, 0.1) is 0 Å². The van der Waals surface area contributed by atoms with Crippen molar-refractivity contribution in [1.29, 1.82) is 5.26 Å². The average molecular weight is 262 g/mol. The van der Waals surface area contributed by atoms with Crippen molar-refractivity contribution < 1.29 is 4.79 Å². The summed E-state index contributed by atoms with van der Waals surface area (Å²) >= 11 is 0. The summed E-state index contributed by atoms with van der Waals surface area (Å²) in [6, 6.07) is 3.97. The van der Waals surface area contributed by atoms with Crippen molar-refractivity contribution in [3.05, 3.63) is 23.5 Å². The number of nitriles is 1. The Labute approximate surface area is 114 Å². The molecule has 0 fully saturated rings. The molecule has 0 aromatic carbocycles. The van der Waals surface area contributed by atoms with Gasteiger partial charge >= 0.3 is 0 Å². The predicted octanol–water partition coefficient (Wildman–Crippen LogP) is 1.29. The van der Waals surface area contributed by atoms with Gasteiger partial charge in [-0.1, -0.05) is 0 Å². The molecule has 1 aromatic heterocycles. The molecule has 0 aliphatic heterocycles. The number of aromatic nitrogens is 1. The van der Waals surface area contributed by atoms with Gasteiger partial charge < -0.3 is 15.2 Å². The Kier molecular flexibility index (Phi) is 5.13. The second-order valence-corrected chi connectivity index (χ2v) is 5.68. The summed E-state index contributed by atoms with van der Waals surface area (Å²) in [6.45, 7) is 7.18. The Hall–Kier alpha value is -1.80.